The number of nitrogens with zero attached hydrogens (tertiary/aromatic N) is 2. The van der Waals surface area contributed by atoms with Crippen LogP contribution in [-0.2, 0) is 11.2 Å². The number of pyridine rings is 1. The van der Waals surface area contributed by atoms with Crippen LogP contribution in [0.1, 0.15) is 46.2 Å². The average molecular weight is 304 g/mol. The normalized spacial score (nSPS) is 12.5. The average Bonchev–Trinajstić information content (AvgIpc) is 2.44. The lowest BCUT2D eigenvalue weighted by molar-refractivity contribution is 0.0171. The van der Waals surface area contributed by atoms with Crippen LogP contribution in [-0.4, -0.2) is 34.2 Å². The van der Waals surface area contributed by atoms with Gasteiger partial charge in [0.25, 0.3) is 0 Å². The van der Waals surface area contributed by atoms with Gasteiger partial charge in [0.1, 0.15) is 5.60 Å². The van der Waals surface area contributed by atoms with Crippen molar-refractivity contribution < 1.29 is 9.53 Å². The van der Waals surface area contributed by atoms with E-state index < -0.39 is 5.60 Å². The Bertz CT molecular complexity index is 466. The van der Waals surface area contributed by atoms with Gasteiger partial charge in [0.05, 0.1) is 0 Å². The van der Waals surface area contributed by atoms with E-state index in [1.165, 1.54) is 0 Å². The number of allylic oxidation sites excluding steroid dienone is 1. The quantitative estimate of drug-likeness (QED) is 0.708. The molecule has 0 N–H and O–H groups in total. The molecule has 0 radical (unpaired) electrons. The lowest BCUT2D eigenvalue weighted by Crippen LogP contribution is -2.43. The number of ether oxygens (including phenoxy) is 1. The predicted octanol–water partition coefficient (Wildman–Crippen LogP) is 4.22. The van der Waals surface area contributed by atoms with Crippen molar-refractivity contribution in [1.82, 2.24) is 9.88 Å². The molecule has 0 aliphatic carbocycles. The fourth-order valence-electron chi connectivity index (χ4n) is 2.11. The second kappa shape index (κ2) is 8.57. The number of rotatable bonds is 7. The summed E-state index contributed by atoms with van der Waals surface area (Å²) in [7, 11) is 0. The molecule has 4 nitrogen and oxygen atoms in total. The molecule has 0 aliphatic heterocycles. The Kier molecular flexibility index (Phi) is 7.09. The number of hydrogen-bond donors (Lipinski definition) is 0. The van der Waals surface area contributed by atoms with Gasteiger partial charge in [-0.2, -0.15) is 0 Å². The van der Waals surface area contributed by atoms with E-state index >= 15 is 0 Å². The number of carbonyl (C=O) groups excluding carboxylic acids is 1. The highest BCUT2D eigenvalue weighted by Gasteiger charge is 2.25. The maximum absolute atomic E-state index is 12.4. The van der Waals surface area contributed by atoms with E-state index in [9.17, 15) is 4.79 Å². The molecule has 1 aromatic heterocycles. The SMILES string of the molecule is C=CCCC(C)N(CCc1ccccn1)C(=O)OC(C)(C)C. The molecule has 1 aromatic rings. The molecule has 1 amide bonds. The first-order valence-electron chi connectivity index (χ1n) is 7.84. The van der Waals surface area contributed by atoms with Gasteiger partial charge in [0, 0.05) is 30.9 Å². The molecular weight excluding hydrogens is 276 g/mol. The molecular formula is C18H28N2O2. The number of aromatic nitrogens is 1. The van der Waals surface area contributed by atoms with Crippen molar-refractivity contribution >= 4 is 6.09 Å². The molecule has 1 rings (SSSR count). The molecule has 22 heavy (non-hydrogen) atoms. The Hall–Kier alpha value is -1.84. The summed E-state index contributed by atoms with van der Waals surface area (Å²) >= 11 is 0. The van der Waals surface area contributed by atoms with Crippen molar-refractivity contribution in [2.75, 3.05) is 6.54 Å². The summed E-state index contributed by atoms with van der Waals surface area (Å²) in [6, 6.07) is 5.93. The van der Waals surface area contributed by atoms with Crippen LogP contribution < -0.4 is 0 Å². The van der Waals surface area contributed by atoms with E-state index in [0.29, 0.717) is 6.54 Å². The highest BCUT2D eigenvalue weighted by atomic mass is 16.6. The summed E-state index contributed by atoms with van der Waals surface area (Å²) in [6.07, 6.45) is 5.87. The van der Waals surface area contributed by atoms with Gasteiger partial charge in [0.15, 0.2) is 0 Å². The van der Waals surface area contributed by atoms with Crippen LogP contribution in [0.2, 0.25) is 0 Å². The van der Waals surface area contributed by atoms with Crippen molar-refractivity contribution in [3.8, 4) is 0 Å². The molecule has 1 unspecified atom stereocenters. The zero-order chi connectivity index (χ0) is 16.6. The molecule has 1 atom stereocenters. The highest BCUT2D eigenvalue weighted by Crippen LogP contribution is 2.15. The molecule has 0 saturated carbocycles. The summed E-state index contributed by atoms with van der Waals surface area (Å²) in [4.78, 5) is 18.5. The smallest absolute Gasteiger partial charge is 0.410 e. The van der Waals surface area contributed by atoms with Crippen molar-refractivity contribution in [2.24, 2.45) is 0 Å². The zero-order valence-corrected chi connectivity index (χ0v) is 14.2. The van der Waals surface area contributed by atoms with Crippen LogP contribution >= 0.6 is 0 Å². The lowest BCUT2D eigenvalue weighted by Gasteiger charge is -2.31. The maximum Gasteiger partial charge on any atom is 0.410 e. The van der Waals surface area contributed by atoms with Gasteiger partial charge in [-0.3, -0.25) is 4.98 Å². The zero-order valence-electron chi connectivity index (χ0n) is 14.2. The summed E-state index contributed by atoms with van der Waals surface area (Å²) in [6.45, 7) is 12.0. The highest BCUT2D eigenvalue weighted by molar-refractivity contribution is 5.68. The Labute approximate surface area is 134 Å². The standard InChI is InChI=1S/C18H28N2O2/c1-6-7-10-15(2)20(17(21)22-18(3,4)5)14-12-16-11-8-9-13-19-16/h6,8-9,11,13,15H,1,7,10,12,14H2,2-5H3. The Morgan fingerprint density at radius 1 is 1.45 bits per heavy atom. The molecule has 0 bridgehead atoms. The third kappa shape index (κ3) is 6.74. The predicted molar refractivity (Wildman–Crippen MR) is 89.8 cm³/mol. The van der Waals surface area contributed by atoms with E-state index in [1.807, 2.05) is 52.0 Å². The number of hydrogen-bond acceptors (Lipinski definition) is 3. The Morgan fingerprint density at radius 3 is 2.73 bits per heavy atom. The second-order valence-electron chi connectivity index (χ2n) is 6.46. The monoisotopic (exact) mass is 304 g/mol. The summed E-state index contributed by atoms with van der Waals surface area (Å²) in [5.74, 6) is 0. The first-order chi connectivity index (χ1) is 10.3. The molecule has 0 aromatic carbocycles. The van der Waals surface area contributed by atoms with Gasteiger partial charge >= 0.3 is 6.09 Å². The van der Waals surface area contributed by atoms with Gasteiger partial charge in [-0.25, -0.2) is 4.79 Å². The van der Waals surface area contributed by atoms with E-state index in [-0.39, 0.29) is 12.1 Å². The minimum Gasteiger partial charge on any atom is -0.444 e. The van der Waals surface area contributed by atoms with Gasteiger partial charge in [0.2, 0.25) is 0 Å². The van der Waals surface area contributed by atoms with E-state index in [0.717, 1.165) is 25.0 Å². The van der Waals surface area contributed by atoms with E-state index in [2.05, 4.69) is 11.6 Å². The van der Waals surface area contributed by atoms with Crippen LogP contribution in [0.3, 0.4) is 0 Å². The van der Waals surface area contributed by atoms with Crippen molar-refractivity contribution in [1.29, 1.82) is 0 Å². The van der Waals surface area contributed by atoms with Gasteiger partial charge < -0.3 is 9.64 Å². The fourth-order valence-corrected chi connectivity index (χ4v) is 2.11. The fraction of sp³-hybridized carbons (Fsp3) is 0.556. The molecule has 122 valence electrons. The second-order valence-corrected chi connectivity index (χ2v) is 6.46. The third-order valence-corrected chi connectivity index (χ3v) is 3.28. The largest absolute Gasteiger partial charge is 0.444 e. The number of carbonyl (C=O) groups is 1. The van der Waals surface area contributed by atoms with Crippen molar-refractivity contribution in [3.05, 3.63) is 42.7 Å². The molecule has 0 fully saturated rings. The van der Waals surface area contributed by atoms with Crippen LogP contribution in [0.5, 0.6) is 0 Å². The minimum atomic E-state index is -0.488. The summed E-state index contributed by atoms with van der Waals surface area (Å²) < 4.78 is 5.53. The molecule has 1 heterocycles. The first-order valence-corrected chi connectivity index (χ1v) is 7.84. The van der Waals surface area contributed by atoms with Gasteiger partial charge in [-0.1, -0.05) is 12.1 Å². The molecule has 4 heteroatoms. The van der Waals surface area contributed by atoms with Crippen LogP contribution in [0, 0.1) is 0 Å². The van der Waals surface area contributed by atoms with Crippen LogP contribution in [0.15, 0.2) is 37.1 Å². The number of amides is 1. The first kappa shape index (κ1) is 18.2. The van der Waals surface area contributed by atoms with E-state index in [4.69, 9.17) is 4.74 Å². The minimum absolute atomic E-state index is 0.108. The van der Waals surface area contributed by atoms with Crippen LogP contribution in [0.25, 0.3) is 0 Å². The molecule has 0 spiro atoms. The van der Waals surface area contributed by atoms with Crippen LogP contribution in [0.4, 0.5) is 4.79 Å². The third-order valence-electron chi connectivity index (χ3n) is 3.28. The van der Waals surface area contributed by atoms with Crippen molar-refractivity contribution in [3.63, 3.8) is 0 Å². The summed E-state index contributed by atoms with van der Waals surface area (Å²) in [5.41, 5.74) is 0.491. The van der Waals surface area contributed by atoms with Gasteiger partial charge in [-0.05, 0) is 52.7 Å². The topological polar surface area (TPSA) is 42.4 Å². The molecule has 0 saturated heterocycles. The van der Waals surface area contributed by atoms with Crippen molar-refractivity contribution in [2.45, 2.75) is 58.6 Å². The summed E-state index contributed by atoms with van der Waals surface area (Å²) in [5, 5.41) is 0. The lowest BCUT2D eigenvalue weighted by atomic mass is 10.1. The molecule has 0 aliphatic rings. The van der Waals surface area contributed by atoms with E-state index in [1.54, 1.807) is 11.1 Å². The maximum atomic E-state index is 12.4. The van der Waals surface area contributed by atoms with Gasteiger partial charge in [-0.15, -0.1) is 6.58 Å². The Morgan fingerprint density at radius 2 is 2.18 bits per heavy atom. The Balaban J connectivity index is 2.72.